The number of hydrogen-bond acceptors (Lipinski definition) is 3. The van der Waals surface area contributed by atoms with Gasteiger partial charge in [-0.1, -0.05) is 6.08 Å². The number of aliphatic carboxylic acids is 1. The van der Waals surface area contributed by atoms with Crippen molar-refractivity contribution in [3.63, 3.8) is 0 Å². The second-order valence-electron chi connectivity index (χ2n) is 3.93. The Bertz CT molecular complexity index is 252. The highest BCUT2D eigenvalue weighted by Crippen LogP contribution is 2.44. The van der Waals surface area contributed by atoms with Gasteiger partial charge in [-0.25, -0.2) is 0 Å². The van der Waals surface area contributed by atoms with Crippen LogP contribution in [0.4, 0.5) is 0 Å². The minimum absolute atomic E-state index is 0.297. The predicted octanol–water partition coefficient (Wildman–Crippen LogP) is 1.46. The molecule has 1 aliphatic rings. The first-order valence-corrected chi connectivity index (χ1v) is 4.97. The summed E-state index contributed by atoms with van der Waals surface area (Å²) in [6.45, 7) is 9.49. The Morgan fingerprint density at radius 1 is 1.62 bits per heavy atom. The van der Waals surface area contributed by atoms with Gasteiger partial charge >= 0.3 is 5.97 Å². The Balaban J connectivity index is 2.91. The molecule has 1 rings (SSSR count). The van der Waals surface area contributed by atoms with E-state index in [4.69, 9.17) is 5.11 Å². The smallest absolute Gasteiger partial charge is 0.322 e. The summed E-state index contributed by atoms with van der Waals surface area (Å²) in [7, 11) is 0. The van der Waals surface area contributed by atoms with E-state index in [1.54, 1.807) is 17.8 Å². The molecule has 0 amide bonds. The summed E-state index contributed by atoms with van der Waals surface area (Å²) in [6.07, 6.45) is 1.75. The van der Waals surface area contributed by atoms with Crippen LogP contribution in [0.1, 0.15) is 20.8 Å². The second kappa shape index (κ2) is 3.03. The molecule has 1 aliphatic heterocycles. The molecule has 1 saturated heterocycles. The summed E-state index contributed by atoms with van der Waals surface area (Å²) in [5, 5.41) is 12.0. The van der Waals surface area contributed by atoms with Crippen molar-refractivity contribution < 1.29 is 9.90 Å². The zero-order chi connectivity index (χ0) is 10.3. The second-order valence-corrected chi connectivity index (χ2v) is 6.04. The van der Waals surface area contributed by atoms with E-state index in [0.717, 1.165) is 0 Å². The van der Waals surface area contributed by atoms with Crippen LogP contribution in [-0.4, -0.2) is 26.7 Å². The number of carbonyl (C=O) groups is 1. The highest BCUT2D eigenvalue weighted by atomic mass is 32.2. The fraction of sp³-hybridized carbons (Fsp3) is 0.667. The molecule has 4 heteroatoms. The lowest BCUT2D eigenvalue weighted by atomic mass is 10.0. The Hall–Kier alpha value is -0.480. The molecule has 0 aromatic carbocycles. The first kappa shape index (κ1) is 10.6. The predicted molar refractivity (Wildman–Crippen MR) is 54.8 cm³/mol. The molecule has 0 aliphatic carbocycles. The highest BCUT2D eigenvalue weighted by Gasteiger charge is 2.49. The average molecular weight is 201 g/mol. The summed E-state index contributed by atoms with van der Waals surface area (Å²) in [6, 6.07) is -0.513. The van der Waals surface area contributed by atoms with Gasteiger partial charge in [0.05, 0.1) is 4.87 Å². The van der Waals surface area contributed by atoms with Gasteiger partial charge in [0.15, 0.2) is 0 Å². The van der Waals surface area contributed by atoms with Crippen molar-refractivity contribution in [2.75, 3.05) is 0 Å². The SMILES string of the molecule is C=CC1(C)NC(C(=O)O)C(C)(C)S1. The number of hydrogen-bond donors (Lipinski definition) is 2. The fourth-order valence-corrected chi connectivity index (χ4v) is 3.19. The largest absolute Gasteiger partial charge is 0.480 e. The maximum atomic E-state index is 10.9. The van der Waals surface area contributed by atoms with Gasteiger partial charge in [0.1, 0.15) is 6.04 Å². The summed E-state index contributed by atoms with van der Waals surface area (Å²) < 4.78 is -0.297. The van der Waals surface area contributed by atoms with E-state index < -0.39 is 12.0 Å². The van der Waals surface area contributed by atoms with Crippen LogP contribution in [0.2, 0.25) is 0 Å². The zero-order valence-electron chi connectivity index (χ0n) is 8.13. The van der Waals surface area contributed by atoms with Crippen LogP contribution >= 0.6 is 11.8 Å². The van der Waals surface area contributed by atoms with Gasteiger partial charge in [-0.15, -0.1) is 18.3 Å². The van der Waals surface area contributed by atoms with Crippen molar-refractivity contribution in [2.45, 2.75) is 36.4 Å². The fourth-order valence-electron chi connectivity index (χ4n) is 1.55. The Kier molecular flexibility index (Phi) is 2.47. The van der Waals surface area contributed by atoms with Gasteiger partial charge in [-0.05, 0) is 20.8 Å². The third-order valence-corrected chi connectivity index (χ3v) is 3.71. The monoisotopic (exact) mass is 201 g/mol. The molecule has 1 heterocycles. The molecule has 74 valence electrons. The van der Waals surface area contributed by atoms with E-state index in [1.165, 1.54) is 0 Å². The lowest BCUT2D eigenvalue weighted by Crippen LogP contribution is -2.47. The van der Waals surface area contributed by atoms with Crippen molar-refractivity contribution in [1.82, 2.24) is 5.32 Å². The standard InChI is InChI=1S/C9H15NO2S/c1-5-9(4)10-6(7(11)12)8(2,3)13-9/h5-6,10H,1H2,2-4H3,(H,11,12). The lowest BCUT2D eigenvalue weighted by molar-refractivity contribution is -0.140. The van der Waals surface area contributed by atoms with E-state index in [-0.39, 0.29) is 9.62 Å². The lowest BCUT2D eigenvalue weighted by Gasteiger charge is -2.21. The molecule has 3 nitrogen and oxygen atoms in total. The van der Waals surface area contributed by atoms with Crippen molar-refractivity contribution in [3.05, 3.63) is 12.7 Å². The maximum Gasteiger partial charge on any atom is 0.322 e. The Morgan fingerprint density at radius 2 is 2.15 bits per heavy atom. The van der Waals surface area contributed by atoms with E-state index in [0.29, 0.717) is 0 Å². The first-order valence-electron chi connectivity index (χ1n) is 4.15. The molecule has 1 fully saturated rings. The molecule has 2 atom stereocenters. The molecule has 0 spiro atoms. The van der Waals surface area contributed by atoms with E-state index in [2.05, 4.69) is 11.9 Å². The summed E-state index contributed by atoms with van der Waals surface area (Å²) in [4.78, 5) is 10.6. The third kappa shape index (κ3) is 1.89. The van der Waals surface area contributed by atoms with Gasteiger partial charge in [0.2, 0.25) is 0 Å². The first-order chi connectivity index (χ1) is 5.81. The van der Waals surface area contributed by atoms with Crippen molar-refractivity contribution in [3.8, 4) is 0 Å². The van der Waals surface area contributed by atoms with Gasteiger partial charge in [-0.3, -0.25) is 10.1 Å². The van der Waals surface area contributed by atoms with Gasteiger partial charge in [0.25, 0.3) is 0 Å². The molecule has 2 unspecified atom stereocenters. The van der Waals surface area contributed by atoms with Crippen molar-refractivity contribution in [2.24, 2.45) is 0 Å². The minimum Gasteiger partial charge on any atom is -0.480 e. The van der Waals surface area contributed by atoms with E-state index >= 15 is 0 Å². The van der Waals surface area contributed by atoms with Crippen molar-refractivity contribution in [1.29, 1.82) is 0 Å². The minimum atomic E-state index is -0.803. The normalized spacial score (nSPS) is 37.3. The number of thioether (sulfide) groups is 1. The van der Waals surface area contributed by atoms with E-state index in [1.807, 2.05) is 20.8 Å². The highest BCUT2D eigenvalue weighted by molar-refractivity contribution is 8.02. The van der Waals surface area contributed by atoms with Crippen LogP contribution in [0.25, 0.3) is 0 Å². The van der Waals surface area contributed by atoms with Crippen LogP contribution in [0.15, 0.2) is 12.7 Å². The quantitative estimate of drug-likeness (QED) is 0.664. The molecule has 2 N–H and O–H groups in total. The number of rotatable bonds is 2. The Labute approximate surface area is 82.6 Å². The van der Waals surface area contributed by atoms with Gasteiger partial charge < -0.3 is 5.11 Å². The summed E-state index contributed by atoms with van der Waals surface area (Å²) in [5.74, 6) is -0.803. The topological polar surface area (TPSA) is 49.3 Å². The molecular formula is C9H15NO2S. The number of nitrogens with one attached hydrogen (secondary N) is 1. The molecule has 0 radical (unpaired) electrons. The maximum absolute atomic E-state index is 10.9. The zero-order valence-corrected chi connectivity index (χ0v) is 8.94. The van der Waals surface area contributed by atoms with Crippen LogP contribution in [0.5, 0.6) is 0 Å². The van der Waals surface area contributed by atoms with Crippen LogP contribution < -0.4 is 5.32 Å². The Morgan fingerprint density at radius 3 is 2.38 bits per heavy atom. The molecule has 0 aromatic rings. The number of carboxylic acid groups (broad SMARTS) is 1. The van der Waals surface area contributed by atoms with Crippen LogP contribution in [0.3, 0.4) is 0 Å². The molecular weight excluding hydrogens is 186 g/mol. The summed E-state index contributed by atoms with van der Waals surface area (Å²) in [5.41, 5.74) is 0. The van der Waals surface area contributed by atoms with Gasteiger partial charge in [0, 0.05) is 4.75 Å². The van der Waals surface area contributed by atoms with Crippen molar-refractivity contribution >= 4 is 17.7 Å². The van der Waals surface area contributed by atoms with Crippen LogP contribution in [-0.2, 0) is 4.79 Å². The average Bonchev–Trinajstić information content (AvgIpc) is 2.22. The molecule has 0 aromatic heterocycles. The molecule has 0 bridgehead atoms. The third-order valence-electron chi connectivity index (χ3n) is 2.24. The molecule has 0 saturated carbocycles. The summed E-state index contributed by atoms with van der Waals surface area (Å²) >= 11 is 1.60. The number of carboxylic acids is 1. The van der Waals surface area contributed by atoms with E-state index in [9.17, 15) is 4.79 Å². The van der Waals surface area contributed by atoms with Crippen LogP contribution in [0, 0.1) is 0 Å². The van der Waals surface area contributed by atoms with Gasteiger partial charge in [-0.2, -0.15) is 0 Å². The molecule has 13 heavy (non-hydrogen) atoms.